The second-order valence-corrected chi connectivity index (χ2v) is 5.87. The van der Waals surface area contributed by atoms with E-state index >= 15 is 0 Å². The van der Waals surface area contributed by atoms with Gasteiger partial charge in [0.1, 0.15) is 0 Å². The second-order valence-electron chi connectivity index (χ2n) is 5.87. The molecule has 2 aromatic rings. The first-order valence-corrected chi connectivity index (χ1v) is 8.36. The van der Waals surface area contributed by atoms with Gasteiger partial charge in [-0.2, -0.15) is 0 Å². The van der Waals surface area contributed by atoms with Crippen LogP contribution >= 0.6 is 0 Å². The SMILES string of the molecule is CCCCCNC(=O)c1cccc(C(=O)Nc2cccc(C)c2)c1. The molecule has 0 aliphatic carbocycles. The molecule has 0 atom stereocenters. The number of nitrogens with one attached hydrogen (secondary N) is 2. The summed E-state index contributed by atoms with van der Waals surface area (Å²) in [5.74, 6) is -0.363. The Morgan fingerprint density at radius 2 is 1.62 bits per heavy atom. The predicted octanol–water partition coefficient (Wildman–Crippen LogP) is 4.17. The zero-order valence-electron chi connectivity index (χ0n) is 14.3. The maximum atomic E-state index is 12.4. The second kappa shape index (κ2) is 8.87. The van der Waals surface area contributed by atoms with Gasteiger partial charge in [0, 0.05) is 23.4 Å². The summed E-state index contributed by atoms with van der Waals surface area (Å²) in [4.78, 5) is 24.5. The van der Waals surface area contributed by atoms with Crippen molar-refractivity contribution in [2.24, 2.45) is 0 Å². The fourth-order valence-corrected chi connectivity index (χ4v) is 2.41. The summed E-state index contributed by atoms with van der Waals surface area (Å²) in [6.07, 6.45) is 3.18. The standard InChI is InChI=1S/C20H24N2O2/c1-3-4-5-12-21-19(23)16-9-7-10-17(14-16)20(24)22-18-11-6-8-15(2)13-18/h6-11,13-14H,3-5,12H2,1-2H3,(H,21,23)(H,22,24). The van der Waals surface area contributed by atoms with Gasteiger partial charge in [-0.3, -0.25) is 9.59 Å². The summed E-state index contributed by atoms with van der Waals surface area (Å²) in [6, 6.07) is 14.4. The normalized spacial score (nSPS) is 10.2. The average Bonchev–Trinajstić information content (AvgIpc) is 2.58. The Morgan fingerprint density at radius 3 is 2.33 bits per heavy atom. The molecule has 0 fully saturated rings. The molecule has 2 rings (SSSR count). The molecule has 0 spiro atoms. The number of carbonyl (C=O) groups is 2. The molecule has 126 valence electrons. The molecule has 4 nitrogen and oxygen atoms in total. The van der Waals surface area contributed by atoms with Crippen molar-refractivity contribution < 1.29 is 9.59 Å². The number of hydrogen-bond donors (Lipinski definition) is 2. The lowest BCUT2D eigenvalue weighted by molar-refractivity contribution is 0.0953. The summed E-state index contributed by atoms with van der Waals surface area (Å²) >= 11 is 0. The number of amides is 2. The Labute approximate surface area is 143 Å². The largest absolute Gasteiger partial charge is 0.352 e. The average molecular weight is 324 g/mol. The molecule has 0 unspecified atom stereocenters. The van der Waals surface area contributed by atoms with E-state index in [1.807, 2.05) is 31.2 Å². The summed E-state index contributed by atoms with van der Waals surface area (Å²) < 4.78 is 0. The van der Waals surface area contributed by atoms with Gasteiger partial charge in [-0.05, 0) is 49.2 Å². The third-order valence-electron chi connectivity index (χ3n) is 3.73. The van der Waals surface area contributed by atoms with Gasteiger partial charge < -0.3 is 10.6 Å². The van der Waals surface area contributed by atoms with Crippen molar-refractivity contribution in [1.82, 2.24) is 5.32 Å². The Morgan fingerprint density at radius 1 is 0.917 bits per heavy atom. The molecule has 0 saturated heterocycles. The first-order valence-electron chi connectivity index (χ1n) is 8.36. The fraction of sp³-hybridized carbons (Fsp3) is 0.300. The maximum Gasteiger partial charge on any atom is 0.255 e. The van der Waals surface area contributed by atoms with Crippen LogP contribution in [0, 0.1) is 6.92 Å². The summed E-state index contributed by atoms with van der Waals surface area (Å²) in [6.45, 7) is 4.75. The van der Waals surface area contributed by atoms with E-state index in [4.69, 9.17) is 0 Å². The zero-order valence-corrected chi connectivity index (χ0v) is 14.3. The Balaban J connectivity index is 2.01. The first-order chi connectivity index (χ1) is 11.6. The minimum Gasteiger partial charge on any atom is -0.352 e. The van der Waals surface area contributed by atoms with Crippen LogP contribution in [0.3, 0.4) is 0 Å². The minimum absolute atomic E-state index is 0.142. The lowest BCUT2D eigenvalue weighted by Gasteiger charge is -2.08. The molecule has 4 heteroatoms. The van der Waals surface area contributed by atoms with E-state index in [9.17, 15) is 9.59 Å². The molecule has 0 heterocycles. The molecule has 24 heavy (non-hydrogen) atoms. The van der Waals surface area contributed by atoms with E-state index in [1.54, 1.807) is 24.3 Å². The number of aryl methyl sites for hydroxylation is 1. The van der Waals surface area contributed by atoms with Crippen molar-refractivity contribution in [2.45, 2.75) is 33.1 Å². The third-order valence-corrected chi connectivity index (χ3v) is 3.73. The highest BCUT2D eigenvalue weighted by Crippen LogP contribution is 2.12. The molecule has 2 N–H and O–H groups in total. The quantitative estimate of drug-likeness (QED) is 0.751. The Kier molecular flexibility index (Phi) is 6.55. The summed E-state index contributed by atoms with van der Waals surface area (Å²) in [7, 11) is 0. The van der Waals surface area contributed by atoms with Crippen molar-refractivity contribution >= 4 is 17.5 Å². The predicted molar refractivity (Wildman–Crippen MR) is 97.4 cm³/mol. The van der Waals surface area contributed by atoms with Gasteiger partial charge in [0.2, 0.25) is 0 Å². The van der Waals surface area contributed by atoms with Gasteiger partial charge in [-0.25, -0.2) is 0 Å². The van der Waals surface area contributed by atoms with Crippen LogP contribution in [0.4, 0.5) is 5.69 Å². The number of anilines is 1. The topological polar surface area (TPSA) is 58.2 Å². The number of hydrogen-bond acceptors (Lipinski definition) is 2. The number of unbranched alkanes of at least 4 members (excludes halogenated alkanes) is 2. The van der Waals surface area contributed by atoms with Crippen molar-refractivity contribution in [3.05, 3.63) is 65.2 Å². The molecule has 0 saturated carbocycles. The highest BCUT2D eigenvalue weighted by Gasteiger charge is 2.10. The Hall–Kier alpha value is -2.62. The molecule has 0 aromatic heterocycles. The van der Waals surface area contributed by atoms with Crippen LogP contribution in [0.1, 0.15) is 52.5 Å². The van der Waals surface area contributed by atoms with Crippen molar-refractivity contribution in [3.63, 3.8) is 0 Å². The van der Waals surface area contributed by atoms with E-state index < -0.39 is 0 Å². The summed E-state index contributed by atoms with van der Waals surface area (Å²) in [5.41, 5.74) is 2.79. The van der Waals surface area contributed by atoms with Gasteiger partial charge in [0.05, 0.1) is 0 Å². The van der Waals surface area contributed by atoms with Crippen LogP contribution < -0.4 is 10.6 Å². The summed E-state index contributed by atoms with van der Waals surface area (Å²) in [5, 5.41) is 5.74. The number of carbonyl (C=O) groups excluding carboxylic acids is 2. The van der Waals surface area contributed by atoms with Crippen LogP contribution in [0.5, 0.6) is 0 Å². The molecule has 0 radical (unpaired) electrons. The minimum atomic E-state index is -0.221. The Bertz CT molecular complexity index is 710. The van der Waals surface area contributed by atoms with E-state index in [0.717, 1.165) is 30.5 Å². The fourth-order valence-electron chi connectivity index (χ4n) is 2.41. The lowest BCUT2D eigenvalue weighted by Crippen LogP contribution is -2.24. The van der Waals surface area contributed by atoms with E-state index in [1.165, 1.54) is 0 Å². The van der Waals surface area contributed by atoms with Crippen LogP contribution in [0.25, 0.3) is 0 Å². The molecule has 2 amide bonds. The van der Waals surface area contributed by atoms with Gasteiger partial charge in [-0.15, -0.1) is 0 Å². The monoisotopic (exact) mass is 324 g/mol. The third kappa shape index (κ3) is 5.23. The first kappa shape index (κ1) is 17.7. The maximum absolute atomic E-state index is 12.4. The van der Waals surface area contributed by atoms with Gasteiger partial charge in [0.25, 0.3) is 11.8 Å². The highest BCUT2D eigenvalue weighted by molar-refractivity contribution is 6.06. The molecular formula is C20H24N2O2. The molecule has 0 aliphatic rings. The van der Waals surface area contributed by atoms with Crippen LogP contribution in [0.15, 0.2) is 48.5 Å². The van der Waals surface area contributed by atoms with Crippen LogP contribution in [-0.2, 0) is 0 Å². The molecule has 0 bridgehead atoms. The lowest BCUT2D eigenvalue weighted by atomic mass is 10.1. The van der Waals surface area contributed by atoms with E-state index in [0.29, 0.717) is 17.7 Å². The van der Waals surface area contributed by atoms with Gasteiger partial charge in [0.15, 0.2) is 0 Å². The van der Waals surface area contributed by atoms with E-state index in [-0.39, 0.29) is 11.8 Å². The zero-order chi connectivity index (χ0) is 17.4. The highest BCUT2D eigenvalue weighted by atomic mass is 16.2. The molecular weight excluding hydrogens is 300 g/mol. The van der Waals surface area contributed by atoms with Gasteiger partial charge >= 0.3 is 0 Å². The molecule has 0 aliphatic heterocycles. The van der Waals surface area contributed by atoms with Crippen LogP contribution in [-0.4, -0.2) is 18.4 Å². The van der Waals surface area contributed by atoms with Crippen molar-refractivity contribution in [1.29, 1.82) is 0 Å². The van der Waals surface area contributed by atoms with Crippen LogP contribution in [0.2, 0.25) is 0 Å². The smallest absolute Gasteiger partial charge is 0.255 e. The number of benzene rings is 2. The molecule has 2 aromatic carbocycles. The van der Waals surface area contributed by atoms with Crippen molar-refractivity contribution in [2.75, 3.05) is 11.9 Å². The van der Waals surface area contributed by atoms with E-state index in [2.05, 4.69) is 17.6 Å². The van der Waals surface area contributed by atoms with Gasteiger partial charge in [-0.1, -0.05) is 38.0 Å². The van der Waals surface area contributed by atoms with Crippen molar-refractivity contribution in [3.8, 4) is 0 Å². The number of rotatable bonds is 7.